The van der Waals surface area contributed by atoms with Gasteiger partial charge in [-0.25, -0.2) is 8.78 Å². The molecule has 7 heteroatoms. The number of nitrogens with two attached hydrogens (primary N) is 1. The van der Waals surface area contributed by atoms with E-state index in [1.807, 2.05) is 0 Å². The van der Waals surface area contributed by atoms with E-state index in [9.17, 15) is 18.4 Å². The Balaban J connectivity index is 2.19. The molecule has 0 spiro atoms. The molecule has 1 heterocycles. The van der Waals surface area contributed by atoms with Gasteiger partial charge in [-0.15, -0.1) is 0 Å². The fourth-order valence-electron chi connectivity index (χ4n) is 1.97. The van der Waals surface area contributed by atoms with Crippen molar-refractivity contribution >= 4 is 11.8 Å². The second kappa shape index (κ2) is 5.31. The maximum absolute atomic E-state index is 13.8. The number of halogens is 2. The van der Waals surface area contributed by atoms with Crippen LogP contribution in [0.3, 0.4) is 0 Å². The highest BCUT2D eigenvalue weighted by molar-refractivity contribution is 5.93. The fraction of sp³-hybridized carbons (Fsp3) is 0.333. The van der Waals surface area contributed by atoms with Crippen LogP contribution in [0, 0.1) is 11.6 Å². The third-order valence-electron chi connectivity index (χ3n) is 2.94. The maximum atomic E-state index is 13.8. The molecular formula is C12H13F2N3O2. The standard InChI is InChI=1S/C12H13F2N3O2/c13-10-7(1-2-8(11(10)14)12(15)19)5-17-4-3-16-9(18)6-17/h1-2H,3-6H2,(H2,15,19)(H,16,18). The summed E-state index contributed by atoms with van der Waals surface area (Å²) in [6, 6.07) is 2.46. The predicted octanol–water partition coefficient (Wildman–Crippen LogP) is -0.00450. The molecular weight excluding hydrogens is 256 g/mol. The van der Waals surface area contributed by atoms with Crippen molar-refractivity contribution < 1.29 is 18.4 Å². The summed E-state index contributed by atoms with van der Waals surface area (Å²) in [6.45, 7) is 1.28. The van der Waals surface area contributed by atoms with Gasteiger partial charge in [0.25, 0.3) is 5.91 Å². The van der Waals surface area contributed by atoms with Crippen molar-refractivity contribution in [2.24, 2.45) is 5.73 Å². The maximum Gasteiger partial charge on any atom is 0.251 e. The highest BCUT2D eigenvalue weighted by atomic mass is 19.2. The highest BCUT2D eigenvalue weighted by Gasteiger charge is 2.21. The molecule has 19 heavy (non-hydrogen) atoms. The lowest BCUT2D eigenvalue weighted by Crippen LogP contribution is -2.47. The summed E-state index contributed by atoms with van der Waals surface area (Å²) >= 11 is 0. The number of benzene rings is 1. The first-order valence-electron chi connectivity index (χ1n) is 5.74. The molecule has 0 saturated carbocycles. The third-order valence-corrected chi connectivity index (χ3v) is 2.94. The van der Waals surface area contributed by atoms with Crippen molar-refractivity contribution in [3.8, 4) is 0 Å². The molecule has 0 aromatic heterocycles. The summed E-state index contributed by atoms with van der Waals surface area (Å²) < 4.78 is 27.3. The first-order valence-corrected chi connectivity index (χ1v) is 5.74. The van der Waals surface area contributed by atoms with E-state index in [-0.39, 0.29) is 24.6 Å². The number of nitrogens with zero attached hydrogens (tertiary/aromatic N) is 1. The molecule has 1 fully saturated rings. The van der Waals surface area contributed by atoms with Crippen LogP contribution in [-0.4, -0.2) is 36.3 Å². The van der Waals surface area contributed by atoms with E-state index in [1.54, 1.807) is 4.90 Å². The molecule has 0 aliphatic carbocycles. The van der Waals surface area contributed by atoms with E-state index in [0.29, 0.717) is 13.1 Å². The lowest BCUT2D eigenvalue weighted by molar-refractivity contribution is -0.124. The van der Waals surface area contributed by atoms with Gasteiger partial charge >= 0.3 is 0 Å². The van der Waals surface area contributed by atoms with Gasteiger partial charge in [-0.3, -0.25) is 14.5 Å². The van der Waals surface area contributed by atoms with Gasteiger partial charge in [0.05, 0.1) is 12.1 Å². The Hall–Kier alpha value is -2.02. The Morgan fingerprint density at radius 3 is 2.74 bits per heavy atom. The lowest BCUT2D eigenvalue weighted by Gasteiger charge is -2.26. The van der Waals surface area contributed by atoms with Crippen molar-refractivity contribution in [1.82, 2.24) is 10.2 Å². The van der Waals surface area contributed by atoms with Gasteiger partial charge in [0.1, 0.15) is 0 Å². The van der Waals surface area contributed by atoms with E-state index in [0.717, 1.165) is 6.07 Å². The zero-order chi connectivity index (χ0) is 14.0. The van der Waals surface area contributed by atoms with Crippen molar-refractivity contribution in [3.05, 3.63) is 34.9 Å². The minimum Gasteiger partial charge on any atom is -0.366 e. The smallest absolute Gasteiger partial charge is 0.251 e. The second-order valence-corrected chi connectivity index (χ2v) is 4.33. The van der Waals surface area contributed by atoms with Crippen LogP contribution in [0.4, 0.5) is 8.78 Å². The summed E-state index contributed by atoms with van der Waals surface area (Å²) in [5.41, 5.74) is 4.55. The first kappa shape index (κ1) is 13.4. The number of hydrogen-bond acceptors (Lipinski definition) is 3. The van der Waals surface area contributed by atoms with Crippen molar-refractivity contribution in [2.75, 3.05) is 19.6 Å². The molecule has 1 saturated heterocycles. The Morgan fingerprint density at radius 2 is 2.11 bits per heavy atom. The predicted molar refractivity (Wildman–Crippen MR) is 63.2 cm³/mol. The van der Waals surface area contributed by atoms with Crippen LogP contribution in [0.1, 0.15) is 15.9 Å². The average Bonchev–Trinajstić information content (AvgIpc) is 2.35. The summed E-state index contributed by atoms with van der Waals surface area (Å²) in [6.07, 6.45) is 0. The molecule has 0 unspecified atom stereocenters. The zero-order valence-electron chi connectivity index (χ0n) is 10.1. The van der Waals surface area contributed by atoms with E-state index < -0.39 is 23.1 Å². The molecule has 1 aliphatic heterocycles. The monoisotopic (exact) mass is 269 g/mol. The highest BCUT2D eigenvalue weighted by Crippen LogP contribution is 2.18. The number of hydrogen-bond donors (Lipinski definition) is 2. The molecule has 1 aromatic carbocycles. The quantitative estimate of drug-likeness (QED) is 0.810. The van der Waals surface area contributed by atoms with Crippen molar-refractivity contribution in [3.63, 3.8) is 0 Å². The number of carbonyl (C=O) groups excluding carboxylic acids is 2. The molecule has 2 rings (SSSR count). The largest absolute Gasteiger partial charge is 0.366 e. The number of nitrogens with one attached hydrogen (secondary N) is 1. The SMILES string of the molecule is NC(=O)c1ccc(CN2CCNC(=O)C2)c(F)c1F. The van der Waals surface area contributed by atoms with Crippen LogP contribution in [0.25, 0.3) is 0 Å². The Kier molecular flexibility index (Phi) is 3.75. The summed E-state index contributed by atoms with van der Waals surface area (Å²) in [7, 11) is 0. The second-order valence-electron chi connectivity index (χ2n) is 4.33. The summed E-state index contributed by atoms with van der Waals surface area (Å²) in [4.78, 5) is 23.7. The molecule has 1 aliphatic rings. The molecule has 3 N–H and O–H groups in total. The fourth-order valence-corrected chi connectivity index (χ4v) is 1.97. The van der Waals surface area contributed by atoms with Crippen molar-refractivity contribution in [1.29, 1.82) is 0 Å². The number of piperazine rings is 1. The number of rotatable bonds is 3. The van der Waals surface area contributed by atoms with E-state index in [1.165, 1.54) is 6.07 Å². The first-order chi connectivity index (χ1) is 8.99. The summed E-state index contributed by atoms with van der Waals surface area (Å²) in [5, 5.41) is 2.64. The Morgan fingerprint density at radius 1 is 1.37 bits per heavy atom. The Bertz CT molecular complexity index is 534. The molecule has 0 bridgehead atoms. The topological polar surface area (TPSA) is 75.4 Å². The minimum absolute atomic E-state index is 0.0946. The normalized spacial score (nSPS) is 16.2. The van der Waals surface area contributed by atoms with Gasteiger partial charge < -0.3 is 11.1 Å². The minimum atomic E-state index is -1.24. The average molecular weight is 269 g/mol. The van der Waals surface area contributed by atoms with Crippen LogP contribution in [0.15, 0.2) is 12.1 Å². The molecule has 2 amide bonds. The van der Waals surface area contributed by atoms with Crippen LogP contribution in [0.2, 0.25) is 0 Å². The zero-order valence-corrected chi connectivity index (χ0v) is 10.1. The molecule has 1 aromatic rings. The van der Waals surface area contributed by atoms with Gasteiger partial charge in [-0.1, -0.05) is 6.07 Å². The van der Waals surface area contributed by atoms with Gasteiger partial charge in [0.2, 0.25) is 5.91 Å². The van der Waals surface area contributed by atoms with Crippen LogP contribution in [-0.2, 0) is 11.3 Å². The van der Waals surface area contributed by atoms with E-state index in [2.05, 4.69) is 5.32 Å². The van der Waals surface area contributed by atoms with Crippen LogP contribution >= 0.6 is 0 Å². The third kappa shape index (κ3) is 2.87. The van der Waals surface area contributed by atoms with Gasteiger partial charge in [0.15, 0.2) is 11.6 Å². The van der Waals surface area contributed by atoms with Gasteiger partial charge in [0, 0.05) is 25.2 Å². The lowest BCUT2D eigenvalue weighted by atomic mass is 10.1. The van der Waals surface area contributed by atoms with Crippen LogP contribution < -0.4 is 11.1 Å². The van der Waals surface area contributed by atoms with Crippen LogP contribution in [0.5, 0.6) is 0 Å². The van der Waals surface area contributed by atoms with Crippen molar-refractivity contribution in [2.45, 2.75) is 6.54 Å². The molecule has 0 radical (unpaired) electrons. The van der Waals surface area contributed by atoms with Gasteiger partial charge in [-0.2, -0.15) is 0 Å². The van der Waals surface area contributed by atoms with Gasteiger partial charge in [-0.05, 0) is 6.07 Å². The number of primary amides is 1. The Labute approximate surface area is 108 Å². The molecule has 5 nitrogen and oxygen atoms in total. The van der Waals surface area contributed by atoms with E-state index >= 15 is 0 Å². The number of amides is 2. The molecule has 0 atom stereocenters. The van der Waals surface area contributed by atoms with E-state index in [4.69, 9.17) is 5.73 Å². The molecule has 102 valence electrons. The number of carbonyl (C=O) groups is 2. The summed E-state index contributed by atoms with van der Waals surface area (Å²) in [5.74, 6) is -3.50.